The second kappa shape index (κ2) is 9.92. The monoisotopic (exact) mass is 439 g/mol. The molecule has 4 rings (SSSR count). The lowest BCUT2D eigenvalue weighted by Crippen LogP contribution is -2.35. The average Bonchev–Trinajstić information content (AvgIpc) is 3.58. The first-order chi connectivity index (χ1) is 15.5. The van der Waals surface area contributed by atoms with E-state index >= 15 is 0 Å². The van der Waals surface area contributed by atoms with Crippen LogP contribution in [0.25, 0.3) is 0 Å². The van der Waals surface area contributed by atoms with Gasteiger partial charge in [0.2, 0.25) is 5.91 Å². The molecule has 0 unspecified atom stereocenters. The summed E-state index contributed by atoms with van der Waals surface area (Å²) in [5, 5.41) is 10.2. The first-order valence-electron chi connectivity index (χ1n) is 11.3. The number of aliphatic hydroxyl groups is 1. The van der Waals surface area contributed by atoms with Crippen LogP contribution < -0.4 is 9.47 Å². The molecule has 1 amide bonds. The van der Waals surface area contributed by atoms with Crippen LogP contribution in [-0.4, -0.2) is 55.9 Å². The molecule has 0 aromatic heterocycles. The molecular formula is C26H33NO5. The summed E-state index contributed by atoms with van der Waals surface area (Å²) in [5.41, 5.74) is 1.66. The van der Waals surface area contributed by atoms with Gasteiger partial charge in [-0.05, 0) is 42.0 Å². The van der Waals surface area contributed by atoms with Crippen molar-refractivity contribution in [1.29, 1.82) is 0 Å². The van der Waals surface area contributed by atoms with Gasteiger partial charge in [-0.15, -0.1) is 0 Å². The van der Waals surface area contributed by atoms with Crippen molar-refractivity contribution in [1.82, 2.24) is 4.90 Å². The number of benzene rings is 2. The third-order valence-electron chi connectivity index (χ3n) is 6.61. The largest absolute Gasteiger partial charge is 0.493 e. The summed E-state index contributed by atoms with van der Waals surface area (Å²) < 4.78 is 17.2. The van der Waals surface area contributed by atoms with E-state index in [-0.39, 0.29) is 25.0 Å². The minimum atomic E-state index is -0.433. The van der Waals surface area contributed by atoms with Crippen LogP contribution in [0.2, 0.25) is 0 Å². The van der Waals surface area contributed by atoms with E-state index in [9.17, 15) is 9.90 Å². The highest BCUT2D eigenvalue weighted by Gasteiger charge is 2.45. The van der Waals surface area contributed by atoms with Crippen molar-refractivity contribution in [3.05, 3.63) is 59.7 Å². The topological polar surface area (TPSA) is 68.2 Å². The number of carbonyl (C=O) groups is 1. The summed E-state index contributed by atoms with van der Waals surface area (Å²) in [4.78, 5) is 14.6. The van der Waals surface area contributed by atoms with Gasteiger partial charge in [0.25, 0.3) is 0 Å². The highest BCUT2D eigenvalue weighted by molar-refractivity contribution is 5.78. The van der Waals surface area contributed by atoms with Crippen LogP contribution in [-0.2, 0) is 16.1 Å². The molecule has 6 nitrogen and oxygen atoms in total. The Hall–Kier alpha value is -2.57. The van der Waals surface area contributed by atoms with E-state index in [0.29, 0.717) is 38.0 Å². The number of carbonyl (C=O) groups excluding carboxylic acids is 1. The SMILES string of the molecule is COc1ccc([C@H]2CN(C(=O)COCc3ccccc3)C[C@@]2(C)CO)cc1OCC1CC1. The van der Waals surface area contributed by atoms with Crippen molar-refractivity contribution in [2.75, 3.05) is 40.0 Å². The summed E-state index contributed by atoms with van der Waals surface area (Å²) in [6.07, 6.45) is 2.44. The Kier molecular flexibility index (Phi) is 7.01. The maximum Gasteiger partial charge on any atom is 0.248 e. The summed E-state index contributed by atoms with van der Waals surface area (Å²) >= 11 is 0. The fourth-order valence-corrected chi connectivity index (χ4v) is 4.35. The van der Waals surface area contributed by atoms with Gasteiger partial charge < -0.3 is 24.2 Å². The van der Waals surface area contributed by atoms with Gasteiger partial charge in [0, 0.05) is 24.4 Å². The van der Waals surface area contributed by atoms with Gasteiger partial charge in [-0.3, -0.25) is 4.79 Å². The highest BCUT2D eigenvalue weighted by Crippen LogP contribution is 2.44. The fourth-order valence-electron chi connectivity index (χ4n) is 4.35. The summed E-state index contributed by atoms with van der Waals surface area (Å²) in [5.74, 6) is 2.02. The molecule has 172 valence electrons. The lowest BCUT2D eigenvalue weighted by atomic mass is 9.76. The molecule has 2 atom stereocenters. The first kappa shape index (κ1) is 22.6. The quantitative estimate of drug-likeness (QED) is 0.612. The smallest absolute Gasteiger partial charge is 0.248 e. The van der Waals surface area contributed by atoms with Crippen molar-refractivity contribution in [2.45, 2.75) is 32.3 Å². The van der Waals surface area contributed by atoms with Crippen LogP contribution >= 0.6 is 0 Å². The van der Waals surface area contributed by atoms with Crippen LogP contribution in [0.1, 0.15) is 36.8 Å². The maximum atomic E-state index is 12.8. The molecule has 6 heteroatoms. The third kappa shape index (κ3) is 5.25. The second-order valence-corrected chi connectivity index (χ2v) is 9.28. The molecule has 1 N–H and O–H groups in total. The molecule has 2 aromatic carbocycles. The van der Waals surface area contributed by atoms with Gasteiger partial charge in [-0.2, -0.15) is 0 Å². The number of nitrogens with zero attached hydrogens (tertiary/aromatic N) is 1. The van der Waals surface area contributed by atoms with Gasteiger partial charge >= 0.3 is 0 Å². The fraction of sp³-hybridized carbons (Fsp3) is 0.500. The van der Waals surface area contributed by atoms with Crippen LogP contribution in [0.4, 0.5) is 0 Å². The number of amides is 1. The van der Waals surface area contributed by atoms with Gasteiger partial charge in [0.15, 0.2) is 11.5 Å². The Labute approximate surface area is 190 Å². The first-order valence-corrected chi connectivity index (χ1v) is 11.3. The van der Waals surface area contributed by atoms with E-state index in [1.54, 1.807) is 12.0 Å². The molecule has 0 bridgehead atoms. The molecule has 0 radical (unpaired) electrons. The second-order valence-electron chi connectivity index (χ2n) is 9.28. The van der Waals surface area contributed by atoms with E-state index in [2.05, 4.69) is 0 Å². The van der Waals surface area contributed by atoms with E-state index in [4.69, 9.17) is 14.2 Å². The van der Waals surface area contributed by atoms with E-state index in [0.717, 1.165) is 16.9 Å². The zero-order chi connectivity index (χ0) is 22.6. The molecule has 2 fully saturated rings. The Morgan fingerprint density at radius 1 is 1.16 bits per heavy atom. The molecular weight excluding hydrogens is 406 g/mol. The minimum absolute atomic E-state index is 0.000227. The van der Waals surface area contributed by atoms with Crippen molar-refractivity contribution >= 4 is 5.91 Å². The number of rotatable bonds is 10. The van der Waals surface area contributed by atoms with Crippen molar-refractivity contribution in [2.24, 2.45) is 11.3 Å². The molecule has 32 heavy (non-hydrogen) atoms. The summed E-state index contributed by atoms with van der Waals surface area (Å²) in [6, 6.07) is 15.8. The lowest BCUT2D eigenvalue weighted by Gasteiger charge is -2.28. The molecule has 1 aliphatic carbocycles. The summed E-state index contributed by atoms with van der Waals surface area (Å²) in [7, 11) is 1.64. The van der Waals surface area contributed by atoms with E-state index in [1.165, 1.54) is 12.8 Å². The summed E-state index contributed by atoms with van der Waals surface area (Å²) in [6.45, 7) is 4.19. The number of methoxy groups -OCH3 is 1. The Balaban J connectivity index is 1.42. The third-order valence-corrected chi connectivity index (χ3v) is 6.61. The predicted molar refractivity (Wildman–Crippen MR) is 122 cm³/mol. The number of ether oxygens (including phenoxy) is 3. The van der Waals surface area contributed by atoms with Crippen LogP contribution in [0.15, 0.2) is 48.5 Å². The standard InChI is InChI=1S/C26H33NO5/c1-26(18-28)17-27(25(29)16-31-14-19-6-4-3-5-7-19)13-22(26)21-10-11-23(30-2)24(12-21)32-15-20-8-9-20/h3-7,10-12,20,22,28H,8-9,13-18H2,1-2H3/t22-,26+/m1/s1. The Morgan fingerprint density at radius 2 is 1.94 bits per heavy atom. The molecule has 0 spiro atoms. The van der Waals surface area contributed by atoms with Crippen LogP contribution in [0.5, 0.6) is 11.5 Å². The minimum Gasteiger partial charge on any atom is -0.493 e. The maximum absolute atomic E-state index is 12.8. The van der Waals surface area contributed by atoms with Gasteiger partial charge in [-0.1, -0.05) is 43.3 Å². The number of hydrogen-bond donors (Lipinski definition) is 1. The molecule has 2 aliphatic rings. The number of hydrogen-bond acceptors (Lipinski definition) is 5. The van der Waals surface area contributed by atoms with E-state index in [1.807, 2.05) is 55.5 Å². The molecule has 1 heterocycles. The normalized spacial score (nSPS) is 22.7. The molecule has 1 saturated heterocycles. The van der Waals surface area contributed by atoms with Crippen molar-refractivity contribution in [3.63, 3.8) is 0 Å². The molecule has 1 saturated carbocycles. The number of aliphatic hydroxyl groups excluding tert-OH is 1. The Bertz CT molecular complexity index is 914. The lowest BCUT2D eigenvalue weighted by molar-refractivity contribution is -0.136. The van der Waals surface area contributed by atoms with Gasteiger partial charge in [-0.25, -0.2) is 0 Å². The van der Waals surface area contributed by atoms with Gasteiger partial charge in [0.05, 0.1) is 26.9 Å². The zero-order valence-corrected chi connectivity index (χ0v) is 19.0. The molecule has 1 aliphatic heterocycles. The average molecular weight is 440 g/mol. The van der Waals surface area contributed by atoms with Gasteiger partial charge in [0.1, 0.15) is 6.61 Å². The number of likely N-dealkylation sites (tertiary alicyclic amines) is 1. The predicted octanol–water partition coefficient (Wildman–Crippen LogP) is 3.63. The molecule has 2 aromatic rings. The zero-order valence-electron chi connectivity index (χ0n) is 19.0. The van der Waals surface area contributed by atoms with E-state index < -0.39 is 5.41 Å². The highest BCUT2D eigenvalue weighted by atomic mass is 16.5. The van der Waals surface area contributed by atoms with Crippen LogP contribution in [0.3, 0.4) is 0 Å². The Morgan fingerprint density at radius 3 is 2.62 bits per heavy atom. The van der Waals surface area contributed by atoms with Crippen molar-refractivity contribution in [3.8, 4) is 11.5 Å². The van der Waals surface area contributed by atoms with Crippen molar-refractivity contribution < 1.29 is 24.1 Å². The van der Waals surface area contributed by atoms with Crippen LogP contribution in [0, 0.1) is 11.3 Å².